The molecule has 0 bridgehead atoms. The summed E-state index contributed by atoms with van der Waals surface area (Å²) in [4.78, 5) is 45.4. The summed E-state index contributed by atoms with van der Waals surface area (Å²) in [7, 11) is 0. The maximum Gasteiger partial charge on any atom is 0.344 e. The van der Waals surface area contributed by atoms with Crippen molar-refractivity contribution in [3.05, 3.63) is 73.6 Å². The fourth-order valence-electron chi connectivity index (χ4n) is 2.65. The highest BCUT2D eigenvalue weighted by Crippen LogP contribution is 2.27. The van der Waals surface area contributed by atoms with Crippen molar-refractivity contribution in [2.75, 3.05) is 18.5 Å². The summed E-state index contributed by atoms with van der Waals surface area (Å²) in [6, 6.07) is 9.85. The summed E-state index contributed by atoms with van der Waals surface area (Å²) in [5.41, 5.74) is 0.313. The number of ether oxygens (including phenoxy) is 2. The molecule has 10 nitrogen and oxygen atoms in total. The van der Waals surface area contributed by atoms with E-state index < -0.39 is 35.6 Å². The van der Waals surface area contributed by atoms with E-state index in [0.717, 1.165) is 17.0 Å². The highest BCUT2D eigenvalue weighted by atomic mass is 35.5. The van der Waals surface area contributed by atoms with E-state index in [4.69, 9.17) is 25.5 Å². The van der Waals surface area contributed by atoms with Crippen LogP contribution >= 0.6 is 11.6 Å². The third-order valence-electron chi connectivity index (χ3n) is 4.07. The Kier molecular flexibility index (Phi) is 6.51. The number of aryl methyl sites for hydroxylation is 1. The molecular weight excluding hydrogens is 432 g/mol. The molecule has 0 aliphatic heterocycles. The Labute approximate surface area is 179 Å². The summed E-state index contributed by atoms with van der Waals surface area (Å²) < 4.78 is 15.2. The van der Waals surface area contributed by atoms with Crippen LogP contribution in [-0.4, -0.2) is 30.0 Å². The maximum atomic E-state index is 11.9. The van der Waals surface area contributed by atoms with Crippen LogP contribution in [0, 0.1) is 17.0 Å². The molecule has 1 aromatic heterocycles. The van der Waals surface area contributed by atoms with Crippen LogP contribution in [-0.2, 0) is 14.3 Å². The lowest BCUT2D eigenvalue weighted by atomic mass is 10.1. The summed E-state index contributed by atoms with van der Waals surface area (Å²) in [5.74, 6) is -1.24. The lowest BCUT2D eigenvalue weighted by Crippen LogP contribution is -2.23. The van der Waals surface area contributed by atoms with Crippen LogP contribution in [0.3, 0.4) is 0 Å². The Balaban J connectivity index is 1.52. The van der Waals surface area contributed by atoms with Gasteiger partial charge >= 0.3 is 11.6 Å². The fraction of sp³-hybridized carbons (Fsp3) is 0.150. The molecule has 3 rings (SSSR count). The number of carbonyl (C=O) groups excluding carboxylic acids is 2. The summed E-state index contributed by atoms with van der Waals surface area (Å²) in [6.45, 7) is 0.663. The zero-order valence-electron chi connectivity index (χ0n) is 16.0. The molecule has 0 saturated heterocycles. The number of carbonyl (C=O) groups is 2. The van der Waals surface area contributed by atoms with Gasteiger partial charge in [0.25, 0.3) is 11.6 Å². The molecule has 0 unspecified atom stereocenters. The highest BCUT2D eigenvalue weighted by molar-refractivity contribution is 6.32. The number of nitrogens with one attached hydrogen (secondary N) is 1. The number of halogens is 1. The molecule has 0 fully saturated rings. The summed E-state index contributed by atoms with van der Waals surface area (Å²) >= 11 is 5.70. The van der Waals surface area contributed by atoms with Crippen LogP contribution in [0.15, 0.2) is 51.7 Å². The molecule has 0 aliphatic rings. The molecule has 0 aliphatic carbocycles. The Hall–Kier alpha value is -3.92. The van der Waals surface area contributed by atoms with Gasteiger partial charge in [0.1, 0.15) is 16.4 Å². The van der Waals surface area contributed by atoms with Gasteiger partial charge in [-0.3, -0.25) is 14.9 Å². The van der Waals surface area contributed by atoms with Gasteiger partial charge in [-0.2, -0.15) is 0 Å². The van der Waals surface area contributed by atoms with Crippen molar-refractivity contribution in [1.29, 1.82) is 0 Å². The quantitative estimate of drug-likeness (QED) is 0.252. The smallest absolute Gasteiger partial charge is 0.344 e. The van der Waals surface area contributed by atoms with Crippen LogP contribution in [0.25, 0.3) is 11.0 Å². The van der Waals surface area contributed by atoms with Crippen molar-refractivity contribution in [3.8, 4) is 5.75 Å². The van der Waals surface area contributed by atoms with Crippen molar-refractivity contribution in [2.45, 2.75) is 6.92 Å². The first-order valence-corrected chi connectivity index (χ1v) is 9.17. The summed E-state index contributed by atoms with van der Waals surface area (Å²) in [6.07, 6.45) is 0. The second kappa shape index (κ2) is 9.26. The fourth-order valence-corrected chi connectivity index (χ4v) is 2.84. The van der Waals surface area contributed by atoms with Gasteiger partial charge < -0.3 is 19.2 Å². The molecule has 1 amide bonds. The zero-order chi connectivity index (χ0) is 22.5. The zero-order valence-corrected chi connectivity index (χ0v) is 16.8. The number of amides is 1. The molecule has 3 aromatic rings. The predicted octanol–water partition coefficient (Wildman–Crippen LogP) is 3.22. The van der Waals surface area contributed by atoms with Gasteiger partial charge in [-0.05, 0) is 36.8 Å². The van der Waals surface area contributed by atoms with Crippen LogP contribution in [0.1, 0.15) is 5.56 Å². The van der Waals surface area contributed by atoms with Gasteiger partial charge in [-0.1, -0.05) is 11.6 Å². The third kappa shape index (κ3) is 5.58. The number of nitro benzene ring substituents is 1. The number of hydrogen-bond acceptors (Lipinski definition) is 8. The number of hydrogen-bond donors (Lipinski definition) is 1. The number of esters is 1. The lowest BCUT2D eigenvalue weighted by molar-refractivity contribution is -0.384. The second-order valence-corrected chi connectivity index (χ2v) is 6.73. The van der Waals surface area contributed by atoms with Gasteiger partial charge in [0.15, 0.2) is 13.2 Å². The minimum Gasteiger partial charge on any atom is -0.482 e. The third-order valence-corrected chi connectivity index (χ3v) is 4.39. The van der Waals surface area contributed by atoms with Crippen molar-refractivity contribution in [1.82, 2.24) is 0 Å². The Morgan fingerprint density at radius 3 is 2.68 bits per heavy atom. The first kappa shape index (κ1) is 21.8. The number of rotatable bonds is 7. The number of nitrogens with zero attached hydrogens (tertiary/aromatic N) is 1. The Bertz CT molecular complexity index is 1240. The first-order valence-electron chi connectivity index (χ1n) is 8.79. The maximum absolute atomic E-state index is 11.9. The van der Waals surface area contributed by atoms with Gasteiger partial charge in [0, 0.05) is 29.3 Å². The van der Waals surface area contributed by atoms with E-state index in [2.05, 4.69) is 5.32 Å². The Morgan fingerprint density at radius 1 is 1.16 bits per heavy atom. The van der Waals surface area contributed by atoms with Crippen molar-refractivity contribution >= 4 is 45.8 Å². The number of benzene rings is 2. The molecule has 160 valence electrons. The van der Waals surface area contributed by atoms with Gasteiger partial charge in [-0.15, -0.1) is 0 Å². The number of fused-ring (bicyclic) bond motifs is 1. The number of nitro groups is 1. The monoisotopic (exact) mass is 446 g/mol. The molecule has 0 saturated carbocycles. The van der Waals surface area contributed by atoms with Crippen LogP contribution < -0.4 is 15.7 Å². The van der Waals surface area contributed by atoms with E-state index >= 15 is 0 Å². The topological polar surface area (TPSA) is 138 Å². The van der Waals surface area contributed by atoms with E-state index in [1.807, 2.05) is 0 Å². The van der Waals surface area contributed by atoms with Crippen LogP contribution in [0.2, 0.25) is 5.02 Å². The normalized spacial score (nSPS) is 10.5. The van der Waals surface area contributed by atoms with E-state index in [1.165, 1.54) is 24.3 Å². The van der Waals surface area contributed by atoms with Crippen molar-refractivity contribution in [2.24, 2.45) is 0 Å². The van der Waals surface area contributed by atoms with Gasteiger partial charge in [0.05, 0.1) is 4.92 Å². The average molecular weight is 447 g/mol. The summed E-state index contributed by atoms with van der Waals surface area (Å²) in [5, 5.41) is 13.9. The molecule has 11 heteroatoms. The highest BCUT2D eigenvalue weighted by Gasteiger charge is 2.15. The minimum atomic E-state index is -0.817. The van der Waals surface area contributed by atoms with E-state index in [1.54, 1.807) is 19.1 Å². The molecule has 1 heterocycles. The molecular formula is C20H15ClN2O8. The SMILES string of the molecule is Cc1cc(=O)oc2cc(OCC(=O)OCC(=O)Nc3ccc(Cl)c([N+](=O)[O-])c3)ccc12. The van der Waals surface area contributed by atoms with Gasteiger partial charge in [-0.25, -0.2) is 9.59 Å². The lowest BCUT2D eigenvalue weighted by Gasteiger charge is -2.09. The van der Waals surface area contributed by atoms with Crippen LogP contribution in [0.4, 0.5) is 11.4 Å². The molecule has 1 N–H and O–H groups in total. The molecule has 2 aromatic carbocycles. The molecule has 0 radical (unpaired) electrons. The average Bonchev–Trinajstić information content (AvgIpc) is 2.71. The second-order valence-electron chi connectivity index (χ2n) is 6.33. The number of anilines is 1. The first-order chi connectivity index (χ1) is 14.7. The molecule has 0 spiro atoms. The van der Waals surface area contributed by atoms with E-state index in [-0.39, 0.29) is 22.1 Å². The van der Waals surface area contributed by atoms with Gasteiger partial charge in [0.2, 0.25) is 0 Å². The van der Waals surface area contributed by atoms with Crippen molar-refractivity contribution in [3.63, 3.8) is 0 Å². The van der Waals surface area contributed by atoms with Crippen molar-refractivity contribution < 1.29 is 28.4 Å². The Morgan fingerprint density at radius 2 is 1.94 bits per heavy atom. The van der Waals surface area contributed by atoms with E-state index in [9.17, 15) is 24.5 Å². The molecule has 31 heavy (non-hydrogen) atoms. The largest absolute Gasteiger partial charge is 0.482 e. The molecule has 0 atom stereocenters. The minimum absolute atomic E-state index is 0.0743. The standard InChI is InChI=1S/C20H15ClN2O8/c1-11-6-19(25)31-17-8-13(3-4-14(11)17)29-10-20(26)30-9-18(24)22-12-2-5-15(21)16(7-12)23(27)28/h2-8H,9-10H2,1H3,(H,22,24). The predicted molar refractivity (Wildman–Crippen MR) is 110 cm³/mol. The van der Waals surface area contributed by atoms with Crippen LogP contribution in [0.5, 0.6) is 5.75 Å². The van der Waals surface area contributed by atoms with E-state index in [0.29, 0.717) is 5.58 Å².